The quantitative estimate of drug-likeness (QED) is 0.726. The number of hydrogen-bond acceptors (Lipinski definition) is 6. The van der Waals surface area contributed by atoms with E-state index in [0.29, 0.717) is 12.2 Å². The van der Waals surface area contributed by atoms with Crippen LogP contribution >= 0.6 is 0 Å². The first-order valence-corrected chi connectivity index (χ1v) is 5.90. The number of carbonyl (C=O) groups excluding carboxylic acids is 2. The van der Waals surface area contributed by atoms with E-state index in [1.54, 1.807) is 23.3 Å². The van der Waals surface area contributed by atoms with Gasteiger partial charge in [-0.1, -0.05) is 5.21 Å². The summed E-state index contributed by atoms with van der Waals surface area (Å²) in [7, 11) is 1.30. The smallest absolute Gasteiger partial charge is 0.327 e. The fourth-order valence-electron chi connectivity index (χ4n) is 1.50. The summed E-state index contributed by atoms with van der Waals surface area (Å²) in [6.07, 6.45) is 6.53. The third-order valence-corrected chi connectivity index (χ3v) is 2.48. The number of carbonyl (C=O) groups is 2. The van der Waals surface area contributed by atoms with E-state index in [0.717, 1.165) is 0 Å². The van der Waals surface area contributed by atoms with Crippen molar-refractivity contribution in [3.63, 3.8) is 0 Å². The molecule has 0 aliphatic heterocycles. The molecule has 0 atom stereocenters. The van der Waals surface area contributed by atoms with Gasteiger partial charge in [0.2, 0.25) is 5.91 Å². The maximum atomic E-state index is 11.7. The SMILES string of the molecule is COC(=O)Cn1cc(NC(=O)CCn2ccnn2)cn1. The number of rotatable bonds is 6. The van der Waals surface area contributed by atoms with Gasteiger partial charge in [0, 0.05) is 18.8 Å². The minimum absolute atomic E-state index is 0.00528. The number of amides is 1. The van der Waals surface area contributed by atoms with E-state index in [2.05, 4.69) is 25.5 Å². The molecule has 9 nitrogen and oxygen atoms in total. The van der Waals surface area contributed by atoms with Crippen LogP contribution in [0.5, 0.6) is 0 Å². The van der Waals surface area contributed by atoms with Crippen molar-refractivity contribution < 1.29 is 14.3 Å². The Morgan fingerprint density at radius 1 is 1.40 bits per heavy atom. The molecule has 106 valence electrons. The average Bonchev–Trinajstić information content (AvgIpc) is 3.08. The summed E-state index contributed by atoms with van der Waals surface area (Å²) in [6.45, 7) is 0.452. The highest BCUT2D eigenvalue weighted by Gasteiger charge is 2.07. The van der Waals surface area contributed by atoms with Gasteiger partial charge in [0.15, 0.2) is 0 Å². The van der Waals surface area contributed by atoms with Crippen LogP contribution in [-0.4, -0.2) is 43.8 Å². The molecule has 0 saturated heterocycles. The summed E-state index contributed by atoms with van der Waals surface area (Å²) in [6, 6.07) is 0. The number of aryl methyl sites for hydroxylation is 1. The molecule has 0 aromatic carbocycles. The molecule has 0 radical (unpaired) electrons. The van der Waals surface area contributed by atoms with Crippen LogP contribution in [0.2, 0.25) is 0 Å². The number of anilines is 1. The Balaban J connectivity index is 1.80. The van der Waals surface area contributed by atoms with Crippen LogP contribution < -0.4 is 5.32 Å². The number of hydrogen-bond donors (Lipinski definition) is 1. The van der Waals surface area contributed by atoms with Crippen LogP contribution in [0.25, 0.3) is 0 Å². The summed E-state index contributed by atoms with van der Waals surface area (Å²) in [4.78, 5) is 22.8. The molecule has 1 amide bonds. The Kier molecular flexibility index (Phi) is 4.43. The lowest BCUT2D eigenvalue weighted by Gasteiger charge is -2.02. The molecule has 2 aromatic heterocycles. The molecule has 0 spiro atoms. The molecule has 9 heteroatoms. The van der Waals surface area contributed by atoms with Crippen molar-refractivity contribution in [3.05, 3.63) is 24.8 Å². The van der Waals surface area contributed by atoms with Gasteiger partial charge in [-0.25, -0.2) is 0 Å². The van der Waals surface area contributed by atoms with Crippen molar-refractivity contribution >= 4 is 17.6 Å². The first-order chi connectivity index (χ1) is 9.67. The number of nitrogens with one attached hydrogen (secondary N) is 1. The third-order valence-electron chi connectivity index (χ3n) is 2.48. The van der Waals surface area contributed by atoms with Crippen molar-refractivity contribution in [2.24, 2.45) is 0 Å². The Bertz CT molecular complexity index is 577. The number of methoxy groups -OCH3 is 1. The Morgan fingerprint density at radius 2 is 2.25 bits per heavy atom. The number of esters is 1. The molecule has 0 bridgehead atoms. The van der Waals surface area contributed by atoms with Gasteiger partial charge < -0.3 is 10.1 Å². The molecule has 2 heterocycles. The molecule has 2 rings (SSSR count). The van der Waals surface area contributed by atoms with Crippen LogP contribution in [0.3, 0.4) is 0 Å². The van der Waals surface area contributed by atoms with Crippen LogP contribution in [0.1, 0.15) is 6.42 Å². The zero-order valence-corrected chi connectivity index (χ0v) is 10.9. The minimum atomic E-state index is -0.405. The first kappa shape index (κ1) is 13.7. The molecular formula is C11H14N6O3. The lowest BCUT2D eigenvalue weighted by Crippen LogP contribution is -2.14. The molecule has 1 N–H and O–H groups in total. The zero-order chi connectivity index (χ0) is 14.4. The van der Waals surface area contributed by atoms with Crippen LogP contribution in [0.4, 0.5) is 5.69 Å². The van der Waals surface area contributed by atoms with Crippen LogP contribution in [-0.2, 0) is 27.4 Å². The van der Waals surface area contributed by atoms with E-state index in [1.165, 1.54) is 18.0 Å². The van der Waals surface area contributed by atoms with Crippen LogP contribution in [0.15, 0.2) is 24.8 Å². The number of nitrogens with zero attached hydrogens (tertiary/aromatic N) is 5. The topological polar surface area (TPSA) is 104 Å². The summed E-state index contributed by atoms with van der Waals surface area (Å²) < 4.78 is 7.48. The second-order valence-corrected chi connectivity index (χ2v) is 3.97. The molecule has 0 saturated carbocycles. The summed E-state index contributed by atoms with van der Waals surface area (Å²) in [5, 5.41) is 14.0. The van der Waals surface area contributed by atoms with E-state index in [1.807, 2.05) is 0 Å². The molecular weight excluding hydrogens is 264 g/mol. The third kappa shape index (κ3) is 3.90. The van der Waals surface area contributed by atoms with E-state index < -0.39 is 5.97 Å². The molecule has 0 unspecified atom stereocenters. The second-order valence-electron chi connectivity index (χ2n) is 3.97. The Morgan fingerprint density at radius 3 is 2.95 bits per heavy atom. The van der Waals surface area contributed by atoms with E-state index in [9.17, 15) is 9.59 Å². The summed E-state index contributed by atoms with van der Waals surface area (Å²) >= 11 is 0. The van der Waals surface area contributed by atoms with Gasteiger partial charge in [-0.2, -0.15) is 5.10 Å². The largest absolute Gasteiger partial charge is 0.468 e. The Labute approximate surface area is 114 Å². The summed E-state index contributed by atoms with van der Waals surface area (Å²) in [5.41, 5.74) is 0.525. The number of ether oxygens (including phenoxy) is 1. The molecule has 0 fully saturated rings. The highest BCUT2D eigenvalue weighted by atomic mass is 16.5. The highest BCUT2D eigenvalue weighted by Crippen LogP contribution is 2.05. The van der Waals surface area contributed by atoms with Gasteiger partial charge >= 0.3 is 5.97 Å². The standard InChI is InChI=1S/C11H14N6O3/c1-20-11(19)8-17-7-9(6-13-17)14-10(18)2-4-16-5-3-12-15-16/h3,5-7H,2,4,8H2,1H3,(H,14,18). The number of aromatic nitrogens is 5. The van der Waals surface area contributed by atoms with Crippen molar-refractivity contribution in [2.45, 2.75) is 19.5 Å². The summed E-state index contributed by atoms with van der Waals surface area (Å²) in [5.74, 6) is -0.574. The normalized spacial score (nSPS) is 10.2. The molecule has 20 heavy (non-hydrogen) atoms. The lowest BCUT2D eigenvalue weighted by molar-refractivity contribution is -0.141. The zero-order valence-electron chi connectivity index (χ0n) is 10.9. The van der Waals surface area contributed by atoms with E-state index in [-0.39, 0.29) is 18.9 Å². The van der Waals surface area contributed by atoms with Gasteiger partial charge in [-0.3, -0.25) is 19.0 Å². The van der Waals surface area contributed by atoms with Gasteiger partial charge in [0.05, 0.1) is 31.7 Å². The van der Waals surface area contributed by atoms with Gasteiger partial charge in [-0.15, -0.1) is 5.10 Å². The van der Waals surface area contributed by atoms with E-state index in [4.69, 9.17) is 0 Å². The van der Waals surface area contributed by atoms with Crippen LogP contribution in [0, 0.1) is 0 Å². The minimum Gasteiger partial charge on any atom is -0.468 e. The molecule has 0 aliphatic rings. The fraction of sp³-hybridized carbons (Fsp3) is 0.364. The predicted octanol–water partition coefficient (Wildman–Crippen LogP) is -0.324. The molecule has 0 aliphatic carbocycles. The highest BCUT2D eigenvalue weighted by molar-refractivity contribution is 5.90. The average molecular weight is 278 g/mol. The maximum absolute atomic E-state index is 11.7. The second kappa shape index (κ2) is 6.45. The maximum Gasteiger partial charge on any atom is 0.327 e. The monoisotopic (exact) mass is 278 g/mol. The van der Waals surface area contributed by atoms with Crippen molar-refractivity contribution in [2.75, 3.05) is 12.4 Å². The van der Waals surface area contributed by atoms with Gasteiger partial charge in [0.25, 0.3) is 0 Å². The predicted molar refractivity (Wildman–Crippen MR) is 67.5 cm³/mol. The van der Waals surface area contributed by atoms with Crippen molar-refractivity contribution in [1.29, 1.82) is 0 Å². The van der Waals surface area contributed by atoms with Gasteiger partial charge in [-0.05, 0) is 0 Å². The lowest BCUT2D eigenvalue weighted by atomic mass is 10.4. The van der Waals surface area contributed by atoms with Crippen molar-refractivity contribution in [3.8, 4) is 0 Å². The Hall–Kier alpha value is -2.71. The van der Waals surface area contributed by atoms with Gasteiger partial charge in [0.1, 0.15) is 6.54 Å². The molecule has 2 aromatic rings. The first-order valence-electron chi connectivity index (χ1n) is 5.90. The van der Waals surface area contributed by atoms with E-state index >= 15 is 0 Å². The fourth-order valence-corrected chi connectivity index (χ4v) is 1.50. The van der Waals surface area contributed by atoms with Crippen molar-refractivity contribution in [1.82, 2.24) is 24.8 Å².